The molecule has 0 amide bonds. The van der Waals surface area contributed by atoms with E-state index >= 15 is 0 Å². The number of hydrogen-bond acceptors (Lipinski definition) is 8. The van der Waals surface area contributed by atoms with Crippen LogP contribution in [0.15, 0.2) is 12.7 Å². The first kappa shape index (κ1) is 37.8. The number of hydrogen-bond donors (Lipinski definition) is 2. The molecule has 0 aliphatic carbocycles. The Morgan fingerprint density at radius 2 is 1.65 bits per heavy atom. The van der Waals surface area contributed by atoms with Gasteiger partial charge in [-0.3, -0.25) is 4.57 Å². The molecule has 0 radical (unpaired) electrons. The molecule has 9 nitrogen and oxygen atoms in total. The highest BCUT2D eigenvalue weighted by molar-refractivity contribution is 7.99. The molecule has 0 bridgehead atoms. The smallest absolute Gasteiger partial charge is 0.353 e. The fourth-order valence-corrected chi connectivity index (χ4v) is 7.04. The van der Waals surface area contributed by atoms with E-state index in [4.69, 9.17) is 15.0 Å². The second kappa shape index (κ2) is 19.2. The standard InChI is InChI=1S/C31H56N5O4PSSi/c1-27(23-36-25-35-28-29(32)33-24-34-30(28)36)39-26-41(37,38)40-19-21-42-20-17-15-13-11-9-7-8-10-12-14-16-18-22-43(5,6)31(2,3)4/h24-25,27H,7-17,19-21,23,26H2,1-6H3,(H,37,38)(H2,32,33,34)/t27-/m1/s1. The average molecular weight is 654 g/mol. The molecule has 12 heteroatoms. The summed E-state index contributed by atoms with van der Waals surface area (Å²) in [5.41, 5.74) is 10.6. The van der Waals surface area contributed by atoms with Gasteiger partial charge in [0.1, 0.15) is 26.3 Å². The van der Waals surface area contributed by atoms with Crippen molar-refractivity contribution in [2.45, 2.75) is 129 Å². The van der Waals surface area contributed by atoms with Crippen LogP contribution in [0.1, 0.15) is 98.3 Å². The van der Waals surface area contributed by atoms with Crippen LogP contribution in [0.25, 0.3) is 11.2 Å². The highest BCUT2D eigenvalue weighted by Gasteiger charge is 2.33. The molecule has 2 aromatic heterocycles. The van der Waals surface area contributed by atoms with Crippen molar-refractivity contribution in [2.75, 3.05) is 30.2 Å². The quantitative estimate of drug-likeness (QED) is 0.0596. The van der Waals surface area contributed by atoms with Gasteiger partial charge in [-0.25, -0.2) is 15.0 Å². The lowest BCUT2D eigenvalue weighted by molar-refractivity contribution is 0.0724. The summed E-state index contributed by atoms with van der Waals surface area (Å²) in [6.45, 7) is 14.2. The second-order valence-corrected chi connectivity index (χ2v) is 21.0. The zero-order chi connectivity index (χ0) is 31.8. The Hall–Kier alpha value is -1.41. The number of rotatable bonds is 21. The van der Waals surface area contributed by atoms with Crippen molar-refractivity contribution in [3.63, 3.8) is 0 Å². The van der Waals surface area contributed by atoms with Crippen LogP contribution in [0.4, 0.5) is 5.82 Å². The number of nitrogens with zero attached hydrogens (tertiary/aromatic N) is 4. The van der Waals surface area contributed by atoms with Gasteiger partial charge in [0.25, 0.3) is 0 Å². The highest BCUT2D eigenvalue weighted by Crippen LogP contribution is 2.42. The minimum absolute atomic E-state index is 0.238. The van der Waals surface area contributed by atoms with E-state index < -0.39 is 15.7 Å². The number of nitrogen functional groups attached to an aromatic ring is 1. The first-order valence-corrected chi connectivity index (χ1v) is 21.8. The number of aromatic nitrogens is 4. The maximum absolute atomic E-state index is 12.3. The van der Waals surface area contributed by atoms with Gasteiger partial charge in [-0.15, -0.1) is 11.5 Å². The highest BCUT2D eigenvalue weighted by atomic mass is 32.2. The summed E-state index contributed by atoms with van der Waals surface area (Å²) in [7, 11) is -5.25. The van der Waals surface area contributed by atoms with Crippen LogP contribution in [-0.4, -0.2) is 63.1 Å². The van der Waals surface area contributed by atoms with E-state index in [9.17, 15) is 9.46 Å². The predicted octanol–water partition coefficient (Wildman–Crippen LogP) is 8.05. The van der Waals surface area contributed by atoms with E-state index in [-0.39, 0.29) is 19.1 Å². The van der Waals surface area contributed by atoms with Crippen LogP contribution < -0.4 is 5.73 Å². The van der Waals surface area contributed by atoms with Gasteiger partial charge in [-0.2, -0.15) is 11.8 Å². The van der Waals surface area contributed by atoms with Gasteiger partial charge in [-0.05, 0) is 30.6 Å². The number of unbranched alkanes of at least 4 members (excludes halogenated alkanes) is 10. The van der Waals surface area contributed by atoms with E-state index in [0.717, 1.165) is 12.2 Å². The third kappa shape index (κ3) is 14.9. The number of imidazole rings is 1. The molecule has 0 saturated carbocycles. The number of thioether (sulfide) groups is 1. The van der Waals surface area contributed by atoms with E-state index in [1.807, 2.05) is 6.92 Å². The summed E-state index contributed by atoms with van der Waals surface area (Å²) in [6.07, 6.45) is 16.3. The third-order valence-electron chi connectivity index (χ3n) is 8.04. The van der Waals surface area contributed by atoms with Crippen molar-refractivity contribution in [1.29, 1.82) is 0 Å². The zero-order valence-electron chi connectivity index (χ0n) is 27.4. The van der Waals surface area contributed by atoms with Gasteiger partial charge in [0.15, 0.2) is 11.5 Å². The Labute approximate surface area is 265 Å². The summed E-state index contributed by atoms with van der Waals surface area (Å²) in [6, 6.07) is 0. The molecule has 1 unspecified atom stereocenters. The lowest BCUT2D eigenvalue weighted by Gasteiger charge is -2.31. The molecule has 43 heavy (non-hydrogen) atoms. The summed E-state index contributed by atoms with van der Waals surface area (Å²) >= 11 is 1.77. The Bertz CT molecular complexity index is 1190. The van der Waals surface area contributed by atoms with Crippen LogP contribution in [0.3, 0.4) is 0 Å². The summed E-state index contributed by atoms with van der Waals surface area (Å²) < 4.78 is 25.0. The van der Waals surface area contributed by atoms with Crippen molar-refractivity contribution in [3.05, 3.63) is 12.7 Å². The molecular weight excluding hydrogens is 597 g/mol. The van der Waals surface area contributed by atoms with Gasteiger partial charge < -0.3 is 24.5 Å². The Kier molecular flexibility index (Phi) is 16.8. The molecule has 0 aromatic carbocycles. The topological polar surface area (TPSA) is 125 Å². The molecule has 2 heterocycles. The van der Waals surface area contributed by atoms with Crippen LogP contribution in [0, 0.1) is 11.5 Å². The fourth-order valence-electron chi connectivity index (χ4n) is 4.26. The van der Waals surface area contributed by atoms with Crippen molar-refractivity contribution in [2.24, 2.45) is 0 Å². The Morgan fingerprint density at radius 1 is 1.02 bits per heavy atom. The SMILES string of the molecule is C[C@H](Cn1cnc2c(N)ncnc21)OCP(=O)(O)OCCSCCCCCCCCCCCCC#C[Si](C)(C)C(C)(C)C. The van der Waals surface area contributed by atoms with Gasteiger partial charge in [-0.1, -0.05) is 85.2 Å². The maximum Gasteiger partial charge on any atom is 0.353 e. The molecule has 2 aromatic rings. The average Bonchev–Trinajstić information content (AvgIpc) is 3.34. The molecule has 0 aliphatic rings. The van der Waals surface area contributed by atoms with Gasteiger partial charge in [0.05, 0.1) is 25.6 Å². The minimum atomic E-state index is -3.80. The number of nitrogens with two attached hydrogens (primary N) is 1. The molecule has 0 aliphatic heterocycles. The largest absolute Gasteiger partial charge is 0.382 e. The van der Waals surface area contributed by atoms with E-state index in [2.05, 4.69) is 60.3 Å². The number of anilines is 1. The minimum Gasteiger partial charge on any atom is -0.382 e. The second-order valence-electron chi connectivity index (χ2n) is 13.0. The van der Waals surface area contributed by atoms with Gasteiger partial charge >= 0.3 is 7.60 Å². The van der Waals surface area contributed by atoms with Crippen molar-refractivity contribution < 1.29 is 18.7 Å². The van der Waals surface area contributed by atoms with Crippen molar-refractivity contribution in [3.8, 4) is 11.5 Å². The Balaban J connectivity index is 1.39. The number of fused-ring (bicyclic) bond motifs is 1. The van der Waals surface area contributed by atoms with E-state index in [1.165, 1.54) is 70.5 Å². The normalized spacial score (nSPS) is 14.4. The van der Waals surface area contributed by atoms with E-state index in [1.54, 1.807) is 22.7 Å². The van der Waals surface area contributed by atoms with Crippen LogP contribution in [0.2, 0.25) is 18.1 Å². The summed E-state index contributed by atoms with van der Waals surface area (Å²) in [5, 5.41) is 0.352. The fraction of sp³-hybridized carbons (Fsp3) is 0.774. The summed E-state index contributed by atoms with van der Waals surface area (Å²) in [4.78, 5) is 22.5. The molecule has 0 spiro atoms. The molecule has 2 atom stereocenters. The van der Waals surface area contributed by atoms with Gasteiger partial charge in [0.2, 0.25) is 0 Å². The van der Waals surface area contributed by atoms with Crippen molar-refractivity contribution >= 4 is 44.4 Å². The molecule has 244 valence electrons. The summed E-state index contributed by atoms with van der Waals surface area (Å²) in [5.74, 6) is 5.54. The third-order valence-corrected chi connectivity index (χ3v) is 14.7. The van der Waals surface area contributed by atoms with Gasteiger partial charge in [0, 0.05) is 12.2 Å². The van der Waals surface area contributed by atoms with Crippen LogP contribution in [0.5, 0.6) is 0 Å². The molecule has 0 saturated heterocycles. The van der Waals surface area contributed by atoms with E-state index in [0.29, 0.717) is 34.3 Å². The molecular formula is C31H56N5O4PSSi. The zero-order valence-corrected chi connectivity index (χ0v) is 30.2. The predicted molar refractivity (Wildman–Crippen MR) is 184 cm³/mol. The molecule has 3 N–H and O–H groups in total. The Morgan fingerprint density at radius 3 is 2.30 bits per heavy atom. The van der Waals surface area contributed by atoms with Crippen LogP contribution >= 0.6 is 19.4 Å². The lowest BCUT2D eigenvalue weighted by Crippen LogP contribution is -2.35. The number of ether oxygens (including phenoxy) is 1. The lowest BCUT2D eigenvalue weighted by atomic mass is 10.1. The van der Waals surface area contributed by atoms with Crippen molar-refractivity contribution in [1.82, 2.24) is 19.5 Å². The first-order valence-electron chi connectivity index (χ1n) is 15.9. The molecule has 0 fully saturated rings. The maximum atomic E-state index is 12.3. The first-order chi connectivity index (χ1) is 20.3. The van der Waals surface area contributed by atoms with Crippen LogP contribution in [-0.2, 0) is 20.4 Å². The monoisotopic (exact) mass is 653 g/mol. The molecule has 2 rings (SSSR count).